The van der Waals surface area contributed by atoms with Gasteiger partial charge in [0.25, 0.3) is 0 Å². The van der Waals surface area contributed by atoms with Gasteiger partial charge in [0.15, 0.2) is 0 Å². The summed E-state index contributed by atoms with van der Waals surface area (Å²) in [6.07, 6.45) is 2.22. The van der Waals surface area contributed by atoms with Crippen LogP contribution in [0, 0.1) is 0 Å². The lowest BCUT2D eigenvalue weighted by atomic mass is 9.88. The molecule has 104 valence electrons. The second-order valence-electron chi connectivity index (χ2n) is 6.55. The van der Waals surface area contributed by atoms with Gasteiger partial charge in [-0.3, -0.25) is 0 Å². The molecule has 1 rings (SSSR count). The van der Waals surface area contributed by atoms with Crippen LogP contribution in [-0.2, 0) is 11.0 Å². The summed E-state index contributed by atoms with van der Waals surface area (Å²) in [5.41, 5.74) is 0.239. The van der Waals surface area contributed by atoms with Gasteiger partial charge in [-0.2, -0.15) is 0 Å². The van der Waals surface area contributed by atoms with E-state index in [9.17, 15) is 5.11 Å². The highest BCUT2D eigenvalue weighted by Gasteiger charge is 2.32. The van der Waals surface area contributed by atoms with Crippen LogP contribution in [-0.4, -0.2) is 10.1 Å². The van der Waals surface area contributed by atoms with E-state index >= 15 is 0 Å². The third kappa shape index (κ3) is 3.33. The molecule has 0 unspecified atom stereocenters. The topological polar surface area (TPSA) is 33.1 Å². The molecule has 1 heterocycles. The Morgan fingerprint density at radius 2 is 1.61 bits per heavy atom. The Hall–Kier alpha value is -0.410. The molecule has 0 aromatic carbocycles. The molecule has 1 N–H and O–H groups in total. The minimum atomic E-state index is -0.801. The monoisotopic (exact) mass is 269 g/mol. The Kier molecular flexibility index (Phi) is 4.60. The van der Waals surface area contributed by atoms with Gasteiger partial charge >= 0.3 is 0 Å². The van der Waals surface area contributed by atoms with E-state index in [-0.39, 0.29) is 5.41 Å². The maximum absolute atomic E-state index is 10.3. The van der Waals surface area contributed by atoms with Crippen LogP contribution in [0.1, 0.15) is 82.8 Å². The summed E-state index contributed by atoms with van der Waals surface area (Å²) < 4.78 is 0. The van der Waals surface area contributed by atoms with Crippen molar-refractivity contribution in [3.05, 3.63) is 15.6 Å². The molecule has 0 aliphatic heterocycles. The van der Waals surface area contributed by atoms with E-state index in [4.69, 9.17) is 4.98 Å². The van der Waals surface area contributed by atoms with Crippen molar-refractivity contribution in [3.8, 4) is 0 Å². The molecule has 0 amide bonds. The summed E-state index contributed by atoms with van der Waals surface area (Å²) in [6.45, 7) is 14.6. The van der Waals surface area contributed by atoms with E-state index in [1.807, 2.05) is 13.8 Å². The largest absolute Gasteiger partial charge is 0.385 e. The Balaban J connectivity index is 3.33. The van der Waals surface area contributed by atoms with E-state index < -0.39 is 5.60 Å². The Bertz CT molecular complexity index is 360. The van der Waals surface area contributed by atoms with Crippen molar-refractivity contribution in [1.29, 1.82) is 0 Å². The minimum absolute atomic E-state index is 0.0177. The van der Waals surface area contributed by atoms with Crippen LogP contribution in [0.4, 0.5) is 0 Å². The fourth-order valence-electron chi connectivity index (χ4n) is 2.07. The van der Waals surface area contributed by atoms with Gasteiger partial charge in [0.2, 0.25) is 0 Å². The first kappa shape index (κ1) is 15.6. The smallest absolute Gasteiger partial charge is 0.0963 e. The molecule has 18 heavy (non-hydrogen) atoms. The predicted octanol–water partition coefficient (Wildman–Crippen LogP) is 4.57. The molecule has 0 aliphatic rings. The lowest BCUT2D eigenvalue weighted by molar-refractivity contribution is 0.0803. The van der Waals surface area contributed by atoms with Gasteiger partial charge in [-0.15, -0.1) is 11.3 Å². The Morgan fingerprint density at radius 3 is 1.89 bits per heavy atom. The lowest BCUT2D eigenvalue weighted by Crippen LogP contribution is -2.22. The normalized spacial score (nSPS) is 13.4. The third-order valence-electron chi connectivity index (χ3n) is 3.24. The van der Waals surface area contributed by atoms with E-state index in [1.54, 1.807) is 11.3 Å². The molecule has 0 saturated carbocycles. The zero-order valence-corrected chi connectivity index (χ0v) is 13.6. The van der Waals surface area contributed by atoms with Crippen LogP contribution in [0.15, 0.2) is 0 Å². The van der Waals surface area contributed by atoms with Gasteiger partial charge in [0.1, 0.15) is 0 Å². The molecule has 0 aliphatic carbocycles. The lowest BCUT2D eigenvalue weighted by Gasteiger charge is -2.23. The quantitative estimate of drug-likeness (QED) is 0.868. The first-order valence-electron chi connectivity index (χ1n) is 6.85. The molecule has 1 aromatic rings. The number of hydrogen-bond acceptors (Lipinski definition) is 3. The van der Waals surface area contributed by atoms with Crippen LogP contribution in [0.5, 0.6) is 0 Å². The van der Waals surface area contributed by atoms with E-state index in [1.165, 1.54) is 5.01 Å². The first-order valence-corrected chi connectivity index (χ1v) is 7.66. The number of thiazole rings is 1. The predicted molar refractivity (Wildman–Crippen MR) is 79.4 cm³/mol. The maximum Gasteiger partial charge on any atom is 0.0963 e. The third-order valence-corrected chi connectivity index (χ3v) is 4.78. The van der Waals surface area contributed by atoms with Crippen molar-refractivity contribution in [2.75, 3.05) is 0 Å². The van der Waals surface area contributed by atoms with Crippen molar-refractivity contribution in [2.45, 2.75) is 78.2 Å². The second-order valence-corrected chi connectivity index (χ2v) is 7.58. The maximum atomic E-state index is 10.3. The Morgan fingerprint density at radius 1 is 1.11 bits per heavy atom. The van der Waals surface area contributed by atoms with Gasteiger partial charge in [-0.1, -0.05) is 34.6 Å². The van der Waals surface area contributed by atoms with Gasteiger partial charge in [0.05, 0.1) is 21.2 Å². The molecule has 2 nitrogen and oxygen atoms in total. The highest BCUT2D eigenvalue weighted by atomic mass is 32.1. The van der Waals surface area contributed by atoms with E-state index in [2.05, 4.69) is 34.6 Å². The molecule has 0 bridgehead atoms. The van der Waals surface area contributed by atoms with Crippen LogP contribution in [0.3, 0.4) is 0 Å². The molecular formula is C15H27NOS. The number of nitrogens with zero attached hydrogens (tertiary/aromatic N) is 1. The van der Waals surface area contributed by atoms with Crippen molar-refractivity contribution in [3.63, 3.8) is 0 Å². The zero-order valence-electron chi connectivity index (χ0n) is 12.8. The van der Waals surface area contributed by atoms with Gasteiger partial charge in [0, 0.05) is 11.3 Å². The van der Waals surface area contributed by atoms with Crippen molar-refractivity contribution >= 4 is 11.3 Å². The molecule has 0 atom stereocenters. The minimum Gasteiger partial charge on any atom is -0.385 e. The first-order chi connectivity index (χ1) is 8.11. The van der Waals surface area contributed by atoms with Gasteiger partial charge in [-0.05, 0) is 26.7 Å². The molecule has 0 saturated heterocycles. The average molecular weight is 269 g/mol. The fraction of sp³-hybridized carbons (Fsp3) is 0.800. The van der Waals surface area contributed by atoms with Crippen molar-refractivity contribution in [2.24, 2.45) is 0 Å². The highest BCUT2D eigenvalue weighted by molar-refractivity contribution is 7.12. The SMILES string of the molecule is CCC(CC)c1nc(C(C)(C)C)c(C(C)(C)O)s1. The second kappa shape index (κ2) is 5.30. The van der Waals surface area contributed by atoms with Gasteiger partial charge < -0.3 is 5.11 Å². The van der Waals surface area contributed by atoms with Gasteiger partial charge in [-0.25, -0.2) is 4.98 Å². The molecule has 3 heteroatoms. The van der Waals surface area contributed by atoms with Crippen molar-refractivity contribution < 1.29 is 5.11 Å². The Labute approximate surface area is 115 Å². The summed E-state index contributed by atoms with van der Waals surface area (Å²) in [4.78, 5) is 5.87. The van der Waals surface area contributed by atoms with Crippen LogP contribution < -0.4 is 0 Å². The molecule has 0 fully saturated rings. The highest BCUT2D eigenvalue weighted by Crippen LogP contribution is 2.39. The molecule has 1 aromatic heterocycles. The van der Waals surface area contributed by atoms with E-state index in [0.717, 1.165) is 23.4 Å². The number of aliphatic hydroxyl groups is 1. The standard InChI is InChI=1S/C15H27NOS/c1-8-10(9-2)13-16-11(14(3,4)5)12(18-13)15(6,7)17/h10,17H,8-9H2,1-7H3. The molecule has 0 spiro atoms. The van der Waals surface area contributed by atoms with Crippen LogP contribution >= 0.6 is 11.3 Å². The summed E-state index contributed by atoms with van der Waals surface area (Å²) in [7, 11) is 0. The summed E-state index contributed by atoms with van der Waals surface area (Å²) in [5, 5.41) is 11.5. The average Bonchev–Trinajstić information content (AvgIpc) is 2.63. The number of rotatable bonds is 4. The number of aromatic nitrogens is 1. The summed E-state index contributed by atoms with van der Waals surface area (Å²) in [5.74, 6) is 0.521. The number of hydrogen-bond donors (Lipinski definition) is 1. The molecular weight excluding hydrogens is 242 g/mol. The van der Waals surface area contributed by atoms with Crippen LogP contribution in [0.2, 0.25) is 0 Å². The van der Waals surface area contributed by atoms with Crippen molar-refractivity contribution in [1.82, 2.24) is 4.98 Å². The van der Waals surface area contributed by atoms with E-state index in [0.29, 0.717) is 5.92 Å². The summed E-state index contributed by atoms with van der Waals surface area (Å²) >= 11 is 1.69. The van der Waals surface area contributed by atoms with Crippen LogP contribution in [0.25, 0.3) is 0 Å². The summed E-state index contributed by atoms with van der Waals surface area (Å²) in [6, 6.07) is 0. The fourth-order valence-corrected chi connectivity index (χ4v) is 3.62. The molecule has 0 radical (unpaired) electrons. The zero-order chi connectivity index (χ0) is 14.1.